The molecule has 3 atom stereocenters. The van der Waals surface area contributed by atoms with Gasteiger partial charge in [0.15, 0.2) is 6.23 Å². The summed E-state index contributed by atoms with van der Waals surface area (Å²) >= 11 is 1.47. The van der Waals surface area contributed by atoms with Crippen LogP contribution in [0.3, 0.4) is 0 Å². The third-order valence-electron chi connectivity index (χ3n) is 3.80. The van der Waals surface area contributed by atoms with E-state index in [4.69, 9.17) is 9.84 Å². The number of hydrogen-bond acceptors (Lipinski definition) is 7. The molecule has 9 heteroatoms. The summed E-state index contributed by atoms with van der Waals surface area (Å²) in [6.07, 6.45) is -1.21. The minimum absolute atomic E-state index is 0.130. The number of nitrogens with zero attached hydrogens (tertiary/aromatic N) is 2. The predicted molar refractivity (Wildman–Crippen MR) is 91.3 cm³/mol. The fourth-order valence-corrected chi connectivity index (χ4v) is 3.22. The Morgan fingerprint density at radius 2 is 2.28 bits per heavy atom. The fourth-order valence-electron chi connectivity index (χ4n) is 2.52. The Labute approximate surface area is 147 Å². The quantitative estimate of drug-likeness (QED) is 0.658. The van der Waals surface area contributed by atoms with Crippen molar-refractivity contribution in [2.75, 3.05) is 11.9 Å². The monoisotopic (exact) mass is 363 g/mol. The standard InChI is InChI=1S/C16H17N3O5S/c1-9-14(22)11(8-20)24-15(9)19-5-4-12(18-16(19)23)17-13(21)7-10-3-2-6-25-10/h2-6,11,14-15,20,22H,1,7-8H2,(H,17,18,21,23)/t11-,14+,15-/m1/s1. The van der Waals surface area contributed by atoms with Crippen LogP contribution in [0.1, 0.15) is 11.1 Å². The Balaban J connectivity index is 1.72. The molecule has 25 heavy (non-hydrogen) atoms. The van der Waals surface area contributed by atoms with Crippen molar-refractivity contribution in [3.05, 3.63) is 57.3 Å². The van der Waals surface area contributed by atoms with Gasteiger partial charge in [-0.25, -0.2) is 4.79 Å². The van der Waals surface area contributed by atoms with Gasteiger partial charge in [-0.1, -0.05) is 12.6 Å². The number of aliphatic hydroxyl groups is 2. The Bertz CT molecular complexity index is 833. The van der Waals surface area contributed by atoms with E-state index in [0.29, 0.717) is 0 Å². The first-order valence-corrected chi connectivity index (χ1v) is 8.42. The van der Waals surface area contributed by atoms with Gasteiger partial charge < -0.3 is 20.3 Å². The molecule has 0 spiro atoms. The minimum atomic E-state index is -1.06. The zero-order valence-corrected chi connectivity index (χ0v) is 14.0. The van der Waals surface area contributed by atoms with Crippen LogP contribution >= 0.6 is 11.3 Å². The maximum absolute atomic E-state index is 12.2. The Morgan fingerprint density at radius 3 is 2.88 bits per heavy atom. The molecule has 0 aliphatic carbocycles. The van der Waals surface area contributed by atoms with E-state index >= 15 is 0 Å². The molecule has 0 unspecified atom stereocenters. The predicted octanol–water partition coefficient (Wildman–Crippen LogP) is 0.293. The number of aromatic nitrogens is 2. The van der Waals surface area contributed by atoms with E-state index in [9.17, 15) is 14.7 Å². The van der Waals surface area contributed by atoms with E-state index in [2.05, 4.69) is 16.9 Å². The number of carbonyl (C=O) groups is 1. The Kier molecular flexibility index (Phi) is 5.09. The number of rotatable bonds is 5. The van der Waals surface area contributed by atoms with Crippen molar-refractivity contribution in [2.45, 2.75) is 24.9 Å². The third-order valence-corrected chi connectivity index (χ3v) is 4.67. The normalized spacial score (nSPS) is 23.0. The highest BCUT2D eigenvalue weighted by Gasteiger charge is 2.38. The smallest absolute Gasteiger partial charge is 0.351 e. The average molecular weight is 363 g/mol. The summed E-state index contributed by atoms with van der Waals surface area (Å²) in [4.78, 5) is 28.9. The molecule has 2 aromatic heterocycles. The van der Waals surface area contributed by atoms with Crippen molar-refractivity contribution in [3.63, 3.8) is 0 Å². The van der Waals surface area contributed by atoms with Gasteiger partial charge in [-0.05, 0) is 17.5 Å². The lowest BCUT2D eigenvalue weighted by molar-refractivity contribution is -0.115. The van der Waals surface area contributed by atoms with Crippen LogP contribution < -0.4 is 11.0 Å². The van der Waals surface area contributed by atoms with Gasteiger partial charge in [0.2, 0.25) is 5.91 Å². The third kappa shape index (κ3) is 3.69. The fraction of sp³-hybridized carbons (Fsp3) is 0.312. The molecular weight excluding hydrogens is 346 g/mol. The first-order valence-electron chi connectivity index (χ1n) is 7.54. The second-order valence-corrected chi connectivity index (χ2v) is 6.57. The number of ether oxygens (including phenoxy) is 1. The lowest BCUT2D eigenvalue weighted by Crippen LogP contribution is -2.29. The maximum Gasteiger partial charge on any atom is 0.351 e. The number of amides is 1. The van der Waals surface area contributed by atoms with Crippen LogP contribution in [0.25, 0.3) is 0 Å². The van der Waals surface area contributed by atoms with Crippen LogP contribution in [0.15, 0.2) is 46.7 Å². The van der Waals surface area contributed by atoms with Crippen molar-refractivity contribution in [1.29, 1.82) is 0 Å². The van der Waals surface area contributed by atoms with Gasteiger partial charge in [0.05, 0.1) is 13.0 Å². The molecule has 1 saturated heterocycles. The van der Waals surface area contributed by atoms with Crippen LogP contribution in [0, 0.1) is 0 Å². The molecule has 8 nitrogen and oxygen atoms in total. The summed E-state index contributed by atoms with van der Waals surface area (Å²) in [5, 5.41) is 23.5. The number of aliphatic hydroxyl groups excluding tert-OH is 2. The lowest BCUT2D eigenvalue weighted by atomic mass is 10.1. The molecule has 0 bridgehead atoms. The molecule has 0 aromatic carbocycles. The van der Waals surface area contributed by atoms with Crippen LogP contribution in [-0.2, 0) is 16.0 Å². The second-order valence-electron chi connectivity index (χ2n) is 5.54. The largest absolute Gasteiger partial charge is 0.394 e. The molecule has 3 heterocycles. The first-order chi connectivity index (χ1) is 12.0. The van der Waals surface area contributed by atoms with Gasteiger partial charge in [0.25, 0.3) is 0 Å². The van der Waals surface area contributed by atoms with E-state index in [1.165, 1.54) is 23.6 Å². The highest BCUT2D eigenvalue weighted by molar-refractivity contribution is 7.10. The van der Waals surface area contributed by atoms with Crippen molar-refractivity contribution < 1.29 is 19.7 Å². The van der Waals surface area contributed by atoms with Crippen molar-refractivity contribution in [2.24, 2.45) is 0 Å². The number of anilines is 1. The van der Waals surface area contributed by atoms with Crippen LogP contribution in [-0.4, -0.2) is 44.5 Å². The molecule has 132 valence electrons. The number of carbonyl (C=O) groups excluding carboxylic acids is 1. The minimum Gasteiger partial charge on any atom is -0.394 e. The maximum atomic E-state index is 12.2. The molecule has 3 rings (SSSR count). The molecule has 0 radical (unpaired) electrons. The van der Waals surface area contributed by atoms with E-state index in [0.717, 1.165) is 9.44 Å². The summed E-state index contributed by atoms with van der Waals surface area (Å²) in [5.74, 6) is -0.143. The van der Waals surface area contributed by atoms with Gasteiger partial charge >= 0.3 is 5.69 Å². The molecule has 1 aliphatic heterocycles. The van der Waals surface area contributed by atoms with Gasteiger partial charge in [-0.15, -0.1) is 11.3 Å². The van der Waals surface area contributed by atoms with E-state index in [1.807, 2.05) is 17.5 Å². The second kappa shape index (κ2) is 7.28. The van der Waals surface area contributed by atoms with Crippen molar-refractivity contribution in [3.8, 4) is 0 Å². The molecule has 1 aliphatic rings. The highest BCUT2D eigenvalue weighted by atomic mass is 32.1. The van der Waals surface area contributed by atoms with Crippen LogP contribution in [0.2, 0.25) is 0 Å². The lowest BCUT2D eigenvalue weighted by Gasteiger charge is -2.15. The van der Waals surface area contributed by atoms with Gasteiger partial charge in [-0.3, -0.25) is 9.36 Å². The number of nitrogens with one attached hydrogen (secondary N) is 1. The van der Waals surface area contributed by atoms with Crippen LogP contribution in [0.5, 0.6) is 0 Å². The Hall–Kier alpha value is -2.33. The van der Waals surface area contributed by atoms with E-state index in [-0.39, 0.29) is 23.7 Å². The molecule has 1 fully saturated rings. The summed E-state index contributed by atoms with van der Waals surface area (Å²) in [7, 11) is 0. The summed E-state index contributed by atoms with van der Waals surface area (Å²) in [5.41, 5.74) is -0.400. The van der Waals surface area contributed by atoms with Crippen LogP contribution in [0.4, 0.5) is 5.82 Å². The number of hydrogen-bond donors (Lipinski definition) is 3. The molecule has 2 aromatic rings. The van der Waals surface area contributed by atoms with Crippen molar-refractivity contribution in [1.82, 2.24) is 9.55 Å². The topological polar surface area (TPSA) is 114 Å². The average Bonchev–Trinajstić information content (AvgIpc) is 3.17. The Morgan fingerprint density at radius 1 is 1.48 bits per heavy atom. The zero-order valence-electron chi connectivity index (χ0n) is 13.2. The molecular formula is C16H17N3O5S. The summed E-state index contributed by atoms with van der Waals surface area (Å²) in [6.45, 7) is 3.31. The van der Waals surface area contributed by atoms with Gasteiger partial charge in [0, 0.05) is 16.6 Å². The first kappa shape index (κ1) is 17.5. The number of thiophene rings is 1. The summed E-state index contributed by atoms with van der Waals surface area (Å²) < 4.78 is 6.58. The van der Waals surface area contributed by atoms with E-state index in [1.54, 1.807) is 0 Å². The molecule has 1 amide bonds. The van der Waals surface area contributed by atoms with Gasteiger partial charge in [0.1, 0.15) is 18.0 Å². The molecule has 0 saturated carbocycles. The highest BCUT2D eigenvalue weighted by Crippen LogP contribution is 2.31. The SMILES string of the molecule is C=C1[C@H](n2ccc(NC(=O)Cc3cccs3)nc2=O)O[C@H](CO)[C@H]1O. The van der Waals surface area contributed by atoms with Crippen molar-refractivity contribution >= 4 is 23.1 Å². The van der Waals surface area contributed by atoms with Gasteiger partial charge in [-0.2, -0.15) is 4.98 Å². The van der Waals surface area contributed by atoms with E-state index < -0.39 is 30.7 Å². The zero-order chi connectivity index (χ0) is 18.0. The molecule has 3 N–H and O–H groups in total. The summed E-state index contributed by atoms with van der Waals surface area (Å²) in [6, 6.07) is 5.17.